The molecule has 1 aromatic carbocycles. The second kappa shape index (κ2) is 10.9. The number of rotatable bonds is 9. The third-order valence-electron chi connectivity index (χ3n) is 3.33. The van der Waals surface area contributed by atoms with E-state index in [0.29, 0.717) is 18.7 Å². The predicted molar refractivity (Wildman–Crippen MR) is 108 cm³/mol. The number of benzene rings is 1. The number of carbonyl (C=O) groups is 2. The van der Waals surface area contributed by atoms with Gasteiger partial charge >= 0.3 is 6.09 Å². The van der Waals surface area contributed by atoms with E-state index in [-0.39, 0.29) is 5.91 Å². The standard InChI is InChI=1S/C20H30N2O3S/c1-6-7-12-21-18(23)17(22-19(24)25-20(3,4)5)14-26-13-16-10-8-15(2)9-11-16/h6,8-11,17H,1,7,12-14H2,2-5H3,(H,21,23)(H,22,24)/t17-/m0/s1. The van der Waals surface area contributed by atoms with Gasteiger partial charge in [0.1, 0.15) is 11.6 Å². The van der Waals surface area contributed by atoms with E-state index in [4.69, 9.17) is 4.74 Å². The van der Waals surface area contributed by atoms with Crippen molar-refractivity contribution in [2.45, 2.75) is 51.5 Å². The van der Waals surface area contributed by atoms with Crippen LogP contribution in [0.2, 0.25) is 0 Å². The molecule has 0 bridgehead atoms. The Morgan fingerprint density at radius 2 is 1.92 bits per heavy atom. The first-order valence-corrected chi connectivity index (χ1v) is 9.88. The molecule has 1 aromatic rings. The van der Waals surface area contributed by atoms with Crippen LogP contribution in [0.15, 0.2) is 36.9 Å². The molecule has 0 heterocycles. The van der Waals surface area contributed by atoms with Crippen molar-refractivity contribution in [3.8, 4) is 0 Å². The molecule has 2 N–H and O–H groups in total. The molecule has 0 saturated heterocycles. The normalized spacial score (nSPS) is 12.2. The van der Waals surface area contributed by atoms with Crippen LogP contribution in [0.25, 0.3) is 0 Å². The SMILES string of the molecule is C=CCCNC(=O)[C@H](CSCc1ccc(C)cc1)NC(=O)OC(C)(C)C. The van der Waals surface area contributed by atoms with Crippen LogP contribution in [0.5, 0.6) is 0 Å². The summed E-state index contributed by atoms with van der Waals surface area (Å²) in [6, 6.07) is 7.62. The minimum absolute atomic E-state index is 0.214. The first kappa shape index (κ1) is 22.1. The van der Waals surface area contributed by atoms with Crippen LogP contribution in [0.1, 0.15) is 38.3 Å². The zero-order valence-corrected chi connectivity index (χ0v) is 16.9. The highest BCUT2D eigenvalue weighted by molar-refractivity contribution is 7.98. The van der Waals surface area contributed by atoms with Crippen LogP contribution in [-0.4, -0.2) is 35.9 Å². The molecule has 0 aliphatic carbocycles. The molecule has 1 atom stereocenters. The number of amides is 2. The van der Waals surface area contributed by atoms with E-state index in [9.17, 15) is 9.59 Å². The molecule has 0 spiro atoms. The Labute approximate surface area is 161 Å². The third-order valence-corrected chi connectivity index (χ3v) is 4.44. The van der Waals surface area contributed by atoms with Crippen molar-refractivity contribution in [1.29, 1.82) is 0 Å². The van der Waals surface area contributed by atoms with Crippen molar-refractivity contribution in [3.63, 3.8) is 0 Å². The van der Waals surface area contributed by atoms with Gasteiger partial charge in [-0.05, 0) is 39.7 Å². The van der Waals surface area contributed by atoms with E-state index in [1.54, 1.807) is 38.6 Å². The Hall–Kier alpha value is -1.95. The van der Waals surface area contributed by atoms with Crippen LogP contribution in [0, 0.1) is 6.92 Å². The van der Waals surface area contributed by atoms with E-state index < -0.39 is 17.7 Å². The maximum atomic E-state index is 12.4. The lowest BCUT2D eigenvalue weighted by molar-refractivity contribution is -0.122. The smallest absolute Gasteiger partial charge is 0.408 e. The lowest BCUT2D eigenvalue weighted by atomic mass is 10.2. The monoisotopic (exact) mass is 378 g/mol. The van der Waals surface area contributed by atoms with Crippen molar-refractivity contribution < 1.29 is 14.3 Å². The van der Waals surface area contributed by atoms with Gasteiger partial charge in [0, 0.05) is 18.1 Å². The van der Waals surface area contributed by atoms with Crippen molar-refractivity contribution >= 4 is 23.8 Å². The van der Waals surface area contributed by atoms with Gasteiger partial charge in [-0.3, -0.25) is 4.79 Å². The summed E-state index contributed by atoms with van der Waals surface area (Å²) in [7, 11) is 0. The molecule has 2 amide bonds. The van der Waals surface area contributed by atoms with E-state index in [0.717, 1.165) is 5.75 Å². The number of aryl methyl sites for hydroxylation is 1. The van der Waals surface area contributed by atoms with Crippen molar-refractivity contribution in [2.75, 3.05) is 12.3 Å². The largest absolute Gasteiger partial charge is 0.444 e. The first-order chi connectivity index (χ1) is 12.2. The van der Waals surface area contributed by atoms with Crippen LogP contribution in [-0.2, 0) is 15.3 Å². The fourth-order valence-electron chi connectivity index (χ4n) is 2.03. The fourth-order valence-corrected chi connectivity index (χ4v) is 3.05. The maximum Gasteiger partial charge on any atom is 0.408 e. The average Bonchev–Trinajstić information content (AvgIpc) is 2.54. The predicted octanol–water partition coefficient (Wildman–Crippen LogP) is 3.81. The highest BCUT2D eigenvalue weighted by Gasteiger charge is 2.24. The minimum Gasteiger partial charge on any atom is -0.444 e. The molecule has 0 fully saturated rings. The zero-order valence-electron chi connectivity index (χ0n) is 16.1. The molecule has 0 aliphatic rings. The number of thioether (sulfide) groups is 1. The van der Waals surface area contributed by atoms with E-state index in [1.807, 2.05) is 6.92 Å². The summed E-state index contributed by atoms with van der Waals surface area (Å²) in [5, 5.41) is 5.49. The third kappa shape index (κ3) is 9.51. The Morgan fingerprint density at radius 3 is 2.50 bits per heavy atom. The number of hydrogen-bond acceptors (Lipinski definition) is 4. The summed E-state index contributed by atoms with van der Waals surface area (Å²) in [4.78, 5) is 24.4. The summed E-state index contributed by atoms with van der Waals surface area (Å²) in [6.07, 6.45) is 1.83. The van der Waals surface area contributed by atoms with Crippen molar-refractivity contribution in [1.82, 2.24) is 10.6 Å². The second-order valence-corrected chi connectivity index (χ2v) is 8.10. The van der Waals surface area contributed by atoms with Crippen molar-refractivity contribution in [2.24, 2.45) is 0 Å². The lowest BCUT2D eigenvalue weighted by Crippen LogP contribution is -2.49. The Balaban J connectivity index is 2.60. The van der Waals surface area contributed by atoms with E-state index >= 15 is 0 Å². The molecular weight excluding hydrogens is 348 g/mol. The first-order valence-electron chi connectivity index (χ1n) is 8.72. The van der Waals surface area contributed by atoms with Gasteiger partial charge < -0.3 is 15.4 Å². The number of alkyl carbamates (subject to hydrolysis) is 1. The maximum absolute atomic E-state index is 12.4. The Morgan fingerprint density at radius 1 is 1.27 bits per heavy atom. The molecule has 0 aromatic heterocycles. The molecule has 1 rings (SSSR count). The Bertz CT molecular complexity index is 594. The molecule has 0 aliphatic heterocycles. The number of hydrogen-bond donors (Lipinski definition) is 2. The minimum atomic E-state index is -0.648. The van der Waals surface area contributed by atoms with Crippen LogP contribution in [0.3, 0.4) is 0 Å². The van der Waals surface area contributed by atoms with E-state index in [2.05, 4.69) is 41.5 Å². The zero-order chi connectivity index (χ0) is 19.6. The average molecular weight is 379 g/mol. The number of carbonyl (C=O) groups excluding carboxylic acids is 2. The summed E-state index contributed by atoms with van der Waals surface area (Å²) >= 11 is 1.60. The number of nitrogens with one attached hydrogen (secondary N) is 2. The topological polar surface area (TPSA) is 67.4 Å². The second-order valence-electron chi connectivity index (χ2n) is 7.07. The highest BCUT2D eigenvalue weighted by Crippen LogP contribution is 2.15. The van der Waals surface area contributed by atoms with Gasteiger partial charge in [0.2, 0.25) is 5.91 Å². The quantitative estimate of drug-likeness (QED) is 0.506. The summed E-state index contributed by atoms with van der Waals surface area (Å²) in [6.45, 7) is 11.5. The van der Waals surface area contributed by atoms with Crippen LogP contribution in [0.4, 0.5) is 4.79 Å². The summed E-state index contributed by atoms with van der Waals surface area (Å²) in [5.74, 6) is 1.02. The van der Waals surface area contributed by atoms with Gasteiger partial charge in [0.15, 0.2) is 0 Å². The molecule has 0 radical (unpaired) electrons. The van der Waals surface area contributed by atoms with Gasteiger partial charge in [-0.2, -0.15) is 11.8 Å². The highest BCUT2D eigenvalue weighted by atomic mass is 32.2. The van der Waals surface area contributed by atoms with Crippen LogP contribution < -0.4 is 10.6 Å². The van der Waals surface area contributed by atoms with Crippen LogP contribution >= 0.6 is 11.8 Å². The van der Waals surface area contributed by atoms with Crippen molar-refractivity contribution in [3.05, 3.63) is 48.0 Å². The summed E-state index contributed by atoms with van der Waals surface area (Å²) in [5.41, 5.74) is 1.79. The summed E-state index contributed by atoms with van der Waals surface area (Å²) < 4.78 is 5.27. The molecule has 5 nitrogen and oxygen atoms in total. The molecule has 0 saturated carbocycles. The molecule has 0 unspecified atom stereocenters. The Kier molecular flexibility index (Phi) is 9.27. The fraction of sp³-hybridized carbons (Fsp3) is 0.500. The van der Waals surface area contributed by atoms with Gasteiger partial charge in [-0.1, -0.05) is 35.9 Å². The number of ether oxygens (including phenoxy) is 1. The van der Waals surface area contributed by atoms with Gasteiger partial charge in [-0.25, -0.2) is 4.79 Å². The van der Waals surface area contributed by atoms with Gasteiger partial charge in [0.25, 0.3) is 0 Å². The molecule has 6 heteroatoms. The van der Waals surface area contributed by atoms with Gasteiger partial charge in [0.05, 0.1) is 0 Å². The molecule has 26 heavy (non-hydrogen) atoms. The lowest BCUT2D eigenvalue weighted by Gasteiger charge is -2.23. The molecule has 144 valence electrons. The van der Waals surface area contributed by atoms with Gasteiger partial charge in [-0.15, -0.1) is 6.58 Å². The van der Waals surface area contributed by atoms with E-state index in [1.165, 1.54) is 11.1 Å². The molecular formula is C20H30N2O3S.